The molecule has 0 unspecified atom stereocenters. The van der Waals surface area contributed by atoms with Crippen molar-refractivity contribution in [1.82, 2.24) is 10.1 Å². The second-order valence-corrected chi connectivity index (χ2v) is 9.82. The maximum atomic E-state index is 14.5. The first kappa shape index (κ1) is 28.1. The number of aliphatic hydroxyl groups is 1. The maximum Gasteiger partial charge on any atom is 0.324 e. The van der Waals surface area contributed by atoms with Gasteiger partial charge in [-0.25, -0.2) is 9.18 Å². The van der Waals surface area contributed by atoms with E-state index >= 15 is 0 Å². The average Bonchev–Trinajstić information content (AvgIpc) is 3.41. The van der Waals surface area contributed by atoms with Crippen molar-refractivity contribution < 1.29 is 28.3 Å². The van der Waals surface area contributed by atoms with Gasteiger partial charge < -0.3 is 24.4 Å². The lowest BCUT2D eigenvalue weighted by atomic mass is 9.92. The van der Waals surface area contributed by atoms with Gasteiger partial charge in [-0.05, 0) is 42.8 Å². The molecule has 1 saturated heterocycles. The lowest BCUT2D eigenvalue weighted by molar-refractivity contribution is 0.0358. The third-order valence-corrected chi connectivity index (χ3v) is 6.23. The molecule has 0 aliphatic carbocycles. The SMILES string of the molecule is CC(C)(CO)c1cc(NC(=O)Nc2ccc(C#Cc3ccc(OCCCN4CCOCC4)cc3F)cc2)no1. The minimum absolute atomic E-state index is 0.120. The van der Waals surface area contributed by atoms with Crippen LogP contribution in [0, 0.1) is 17.7 Å². The molecule has 0 atom stereocenters. The van der Waals surface area contributed by atoms with E-state index in [9.17, 15) is 14.3 Å². The van der Waals surface area contributed by atoms with Crippen molar-refractivity contribution >= 4 is 17.5 Å². The fourth-order valence-corrected chi connectivity index (χ4v) is 3.78. The monoisotopic (exact) mass is 536 g/mol. The molecule has 1 aliphatic rings. The topological polar surface area (TPSA) is 109 Å². The van der Waals surface area contributed by atoms with Crippen molar-refractivity contribution in [3.63, 3.8) is 0 Å². The number of benzene rings is 2. The van der Waals surface area contributed by atoms with E-state index in [1.54, 1.807) is 56.3 Å². The van der Waals surface area contributed by atoms with Gasteiger partial charge >= 0.3 is 6.03 Å². The lowest BCUT2D eigenvalue weighted by Crippen LogP contribution is -2.37. The van der Waals surface area contributed by atoms with Crippen LogP contribution < -0.4 is 15.4 Å². The van der Waals surface area contributed by atoms with Crippen LogP contribution in [-0.4, -0.2) is 67.3 Å². The molecule has 39 heavy (non-hydrogen) atoms. The minimum atomic E-state index is -0.609. The van der Waals surface area contributed by atoms with E-state index in [4.69, 9.17) is 14.0 Å². The summed E-state index contributed by atoms with van der Waals surface area (Å²) >= 11 is 0. The molecule has 10 heteroatoms. The third kappa shape index (κ3) is 8.29. The number of ether oxygens (including phenoxy) is 2. The summed E-state index contributed by atoms with van der Waals surface area (Å²) in [5.41, 5.74) is 0.867. The average molecular weight is 537 g/mol. The van der Waals surface area contributed by atoms with Crippen molar-refractivity contribution in [2.75, 3.05) is 56.7 Å². The van der Waals surface area contributed by atoms with Crippen LogP contribution in [0.4, 0.5) is 20.7 Å². The van der Waals surface area contributed by atoms with Crippen molar-refractivity contribution in [1.29, 1.82) is 0 Å². The van der Waals surface area contributed by atoms with Crippen molar-refractivity contribution in [3.8, 4) is 17.6 Å². The summed E-state index contributed by atoms with van der Waals surface area (Å²) in [6.07, 6.45) is 0.861. The summed E-state index contributed by atoms with van der Waals surface area (Å²) in [5.74, 6) is 6.51. The second kappa shape index (κ2) is 13.2. The van der Waals surface area contributed by atoms with Crippen molar-refractivity contribution in [3.05, 3.63) is 71.2 Å². The van der Waals surface area contributed by atoms with E-state index < -0.39 is 17.3 Å². The molecule has 0 bridgehead atoms. The predicted octanol–water partition coefficient (Wildman–Crippen LogP) is 4.23. The summed E-state index contributed by atoms with van der Waals surface area (Å²) in [7, 11) is 0. The van der Waals surface area contributed by atoms with Gasteiger partial charge in [0, 0.05) is 48.4 Å². The molecule has 3 N–H and O–H groups in total. The number of halogens is 1. The molecule has 9 nitrogen and oxygen atoms in total. The molecule has 1 aliphatic heterocycles. The molecule has 2 aromatic carbocycles. The highest BCUT2D eigenvalue weighted by Gasteiger charge is 2.25. The Hall–Kier alpha value is -3.91. The quantitative estimate of drug-likeness (QED) is 0.277. The van der Waals surface area contributed by atoms with E-state index in [0.717, 1.165) is 39.3 Å². The van der Waals surface area contributed by atoms with E-state index in [-0.39, 0.29) is 18.0 Å². The van der Waals surface area contributed by atoms with E-state index in [1.165, 1.54) is 6.07 Å². The molecule has 3 aromatic rings. The van der Waals surface area contributed by atoms with Gasteiger partial charge in [-0.3, -0.25) is 10.2 Å². The van der Waals surface area contributed by atoms with Gasteiger partial charge in [0.2, 0.25) is 0 Å². The van der Waals surface area contributed by atoms with Crippen LogP contribution in [-0.2, 0) is 10.2 Å². The highest BCUT2D eigenvalue weighted by Crippen LogP contribution is 2.25. The van der Waals surface area contributed by atoms with Crippen molar-refractivity contribution in [2.45, 2.75) is 25.7 Å². The summed E-state index contributed by atoms with van der Waals surface area (Å²) < 4.78 is 30.8. The van der Waals surface area contributed by atoms with Gasteiger partial charge in [-0.2, -0.15) is 0 Å². The zero-order valence-corrected chi connectivity index (χ0v) is 22.1. The number of urea groups is 1. The first-order chi connectivity index (χ1) is 18.8. The van der Waals surface area contributed by atoms with Crippen LogP contribution in [0.3, 0.4) is 0 Å². The third-order valence-electron chi connectivity index (χ3n) is 6.23. The Morgan fingerprint density at radius 2 is 1.90 bits per heavy atom. The molecule has 0 saturated carbocycles. The first-order valence-electron chi connectivity index (χ1n) is 12.8. The molecule has 2 heterocycles. The smallest absolute Gasteiger partial charge is 0.324 e. The molecule has 4 rings (SSSR count). The summed E-state index contributed by atoms with van der Waals surface area (Å²) in [4.78, 5) is 14.6. The van der Waals surface area contributed by atoms with Gasteiger partial charge in [0.25, 0.3) is 0 Å². The van der Waals surface area contributed by atoms with Crippen LogP contribution in [0.2, 0.25) is 0 Å². The normalized spacial score (nSPS) is 13.8. The Morgan fingerprint density at radius 1 is 1.13 bits per heavy atom. The number of amides is 2. The Kier molecular flexibility index (Phi) is 9.54. The zero-order chi connectivity index (χ0) is 27.7. The minimum Gasteiger partial charge on any atom is -0.493 e. The Bertz CT molecular complexity index is 1310. The molecule has 0 spiro atoms. The van der Waals surface area contributed by atoms with Crippen LogP contribution >= 0.6 is 0 Å². The Morgan fingerprint density at radius 3 is 2.62 bits per heavy atom. The Labute approximate surface area is 227 Å². The number of morpholine rings is 1. The molecule has 0 radical (unpaired) electrons. The number of aliphatic hydroxyl groups excluding tert-OH is 1. The number of rotatable bonds is 9. The molecule has 2 amide bonds. The van der Waals surface area contributed by atoms with E-state index in [2.05, 4.69) is 32.5 Å². The number of hydrogen-bond donors (Lipinski definition) is 3. The number of carbonyl (C=O) groups is 1. The number of aromatic nitrogens is 1. The Balaban J connectivity index is 1.25. The van der Waals surface area contributed by atoms with E-state index in [1.807, 2.05) is 0 Å². The zero-order valence-electron chi connectivity index (χ0n) is 22.1. The lowest BCUT2D eigenvalue weighted by Gasteiger charge is -2.26. The predicted molar refractivity (Wildman–Crippen MR) is 145 cm³/mol. The summed E-state index contributed by atoms with van der Waals surface area (Å²) in [5, 5.41) is 18.5. The van der Waals surface area contributed by atoms with Crippen LogP contribution in [0.25, 0.3) is 0 Å². The van der Waals surface area contributed by atoms with Gasteiger partial charge in [-0.1, -0.05) is 30.8 Å². The highest BCUT2D eigenvalue weighted by molar-refractivity contribution is 5.99. The van der Waals surface area contributed by atoms with Crippen LogP contribution in [0.1, 0.15) is 37.2 Å². The molecular weight excluding hydrogens is 503 g/mol. The van der Waals surface area contributed by atoms with Gasteiger partial charge in [0.05, 0.1) is 32.0 Å². The number of nitrogens with one attached hydrogen (secondary N) is 2. The van der Waals surface area contributed by atoms with Crippen LogP contribution in [0.5, 0.6) is 5.75 Å². The fourth-order valence-electron chi connectivity index (χ4n) is 3.78. The van der Waals surface area contributed by atoms with Gasteiger partial charge in [0.1, 0.15) is 17.3 Å². The molecule has 1 fully saturated rings. The summed E-state index contributed by atoms with van der Waals surface area (Å²) in [6, 6.07) is 12.6. The largest absolute Gasteiger partial charge is 0.493 e. The first-order valence-corrected chi connectivity index (χ1v) is 12.8. The maximum absolute atomic E-state index is 14.5. The van der Waals surface area contributed by atoms with Crippen LogP contribution in [0.15, 0.2) is 53.1 Å². The molecule has 1 aromatic heterocycles. The van der Waals surface area contributed by atoms with Gasteiger partial charge in [0.15, 0.2) is 5.82 Å². The fraction of sp³-hybridized carbons (Fsp3) is 0.379. The number of nitrogens with zero attached hydrogens (tertiary/aromatic N) is 2. The molecular formula is C29H33FN4O5. The number of carbonyl (C=O) groups excluding carboxylic acids is 1. The second-order valence-electron chi connectivity index (χ2n) is 9.82. The van der Waals surface area contributed by atoms with Gasteiger partial charge in [-0.15, -0.1) is 0 Å². The summed E-state index contributed by atoms with van der Waals surface area (Å²) in [6.45, 7) is 8.34. The van der Waals surface area contributed by atoms with Crippen molar-refractivity contribution in [2.24, 2.45) is 0 Å². The highest BCUT2D eigenvalue weighted by atomic mass is 19.1. The van der Waals surface area contributed by atoms with E-state index in [0.29, 0.717) is 29.4 Å². The molecule has 206 valence electrons. The standard InChI is InChI=1S/C29H33FN4O5/c1-29(2,20-35)26-19-27(33-39-26)32-28(36)31-23-9-5-21(6-10-23)4-7-22-8-11-24(18-25(22)30)38-15-3-12-34-13-16-37-17-14-34/h5-6,8-11,18-19,35H,3,12-17,20H2,1-2H3,(H2,31,32,33,36). The number of anilines is 2. The number of hydrogen-bond acceptors (Lipinski definition) is 7.